The Hall–Kier alpha value is -2.83. The van der Waals surface area contributed by atoms with E-state index in [0.717, 1.165) is 0 Å². The minimum absolute atomic E-state index is 0.180. The second-order valence-corrected chi connectivity index (χ2v) is 5.93. The van der Waals surface area contributed by atoms with Crippen LogP contribution in [0.3, 0.4) is 0 Å². The van der Waals surface area contributed by atoms with Crippen LogP contribution in [0.25, 0.3) is 10.9 Å². The van der Waals surface area contributed by atoms with Crippen LogP contribution in [-0.2, 0) is 9.47 Å². The largest absolute Gasteiger partial charge is 0.465 e. The molecule has 1 heterocycles. The van der Waals surface area contributed by atoms with Gasteiger partial charge in [0.25, 0.3) is 0 Å². The molecule has 0 unspecified atom stereocenters. The van der Waals surface area contributed by atoms with E-state index in [9.17, 15) is 14.4 Å². The zero-order chi connectivity index (χ0) is 17.2. The summed E-state index contributed by atoms with van der Waals surface area (Å²) in [5.74, 6) is -0.606. The highest BCUT2D eigenvalue weighted by molar-refractivity contribution is 6.11. The molecular weight excluding hydrogens is 300 g/mol. The summed E-state index contributed by atoms with van der Waals surface area (Å²) in [6.07, 6.45) is 1.49. The van der Waals surface area contributed by atoms with Crippen LogP contribution >= 0.6 is 0 Å². The van der Waals surface area contributed by atoms with Gasteiger partial charge in [-0.15, -0.1) is 0 Å². The molecule has 0 aliphatic carbocycles. The third kappa shape index (κ3) is 3.68. The van der Waals surface area contributed by atoms with Crippen LogP contribution in [0.1, 0.15) is 41.5 Å². The van der Waals surface area contributed by atoms with Gasteiger partial charge in [0, 0.05) is 28.4 Å². The molecule has 0 aliphatic heterocycles. The molecule has 2 aromatic rings. The van der Waals surface area contributed by atoms with E-state index in [0.29, 0.717) is 28.4 Å². The van der Waals surface area contributed by atoms with Gasteiger partial charge in [-0.2, -0.15) is 0 Å². The first-order chi connectivity index (χ1) is 10.7. The average Bonchev–Trinajstić information content (AvgIpc) is 2.86. The van der Waals surface area contributed by atoms with Gasteiger partial charge >= 0.3 is 12.1 Å². The summed E-state index contributed by atoms with van der Waals surface area (Å²) in [4.78, 5) is 37.8. The summed E-state index contributed by atoms with van der Waals surface area (Å²) >= 11 is 0. The first-order valence-corrected chi connectivity index (χ1v) is 6.94. The molecular formula is C16H18N2O5. The first kappa shape index (κ1) is 16.5. The number of aromatic amines is 1. The van der Waals surface area contributed by atoms with Gasteiger partial charge in [-0.3, -0.25) is 10.1 Å². The number of aldehydes is 1. The van der Waals surface area contributed by atoms with E-state index in [1.165, 1.54) is 19.4 Å². The number of carbonyl (C=O) groups is 3. The summed E-state index contributed by atoms with van der Waals surface area (Å²) in [6.45, 7) is 5.24. The molecule has 23 heavy (non-hydrogen) atoms. The Bertz CT molecular complexity index is 771. The molecule has 0 aliphatic rings. The minimum atomic E-state index is -0.644. The van der Waals surface area contributed by atoms with Crippen LogP contribution in [0.15, 0.2) is 18.3 Å². The number of methoxy groups -OCH3 is 1. The number of esters is 1. The molecule has 1 aromatic carbocycles. The number of fused-ring (bicyclic) bond motifs is 1. The Kier molecular flexibility index (Phi) is 4.40. The Labute approximate surface area is 133 Å². The van der Waals surface area contributed by atoms with Crippen molar-refractivity contribution in [2.45, 2.75) is 26.4 Å². The quantitative estimate of drug-likeness (QED) is 0.669. The van der Waals surface area contributed by atoms with Gasteiger partial charge in [0.1, 0.15) is 5.60 Å². The molecule has 1 aromatic heterocycles. The zero-order valence-corrected chi connectivity index (χ0v) is 13.4. The van der Waals surface area contributed by atoms with Crippen LogP contribution in [0, 0.1) is 0 Å². The van der Waals surface area contributed by atoms with Crippen molar-refractivity contribution in [3.05, 3.63) is 29.5 Å². The highest BCUT2D eigenvalue weighted by Crippen LogP contribution is 2.27. The van der Waals surface area contributed by atoms with Gasteiger partial charge < -0.3 is 14.5 Å². The number of anilines is 1. The summed E-state index contributed by atoms with van der Waals surface area (Å²) < 4.78 is 9.92. The lowest BCUT2D eigenvalue weighted by atomic mass is 10.1. The topological polar surface area (TPSA) is 97.5 Å². The van der Waals surface area contributed by atoms with E-state index >= 15 is 0 Å². The van der Waals surface area contributed by atoms with Crippen molar-refractivity contribution in [1.82, 2.24) is 4.98 Å². The molecule has 2 N–H and O–H groups in total. The SMILES string of the molecule is COC(=O)c1cc(NC(=O)OC(C)(C)C)cc2[nH]cc(C=O)c12. The number of ether oxygens (including phenoxy) is 2. The fraction of sp³-hybridized carbons (Fsp3) is 0.312. The fourth-order valence-electron chi connectivity index (χ4n) is 2.15. The van der Waals surface area contributed by atoms with E-state index in [2.05, 4.69) is 10.3 Å². The number of benzene rings is 1. The number of rotatable bonds is 3. The molecule has 0 saturated carbocycles. The minimum Gasteiger partial charge on any atom is -0.465 e. The maximum Gasteiger partial charge on any atom is 0.412 e. The molecule has 7 nitrogen and oxygen atoms in total. The molecule has 122 valence electrons. The van der Waals surface area contributed by atoms with Crippen LogP contribution in [0.2, 0.25) is 0 Å². The van der Waals surface area contributed by atoms with Crippen LogP contribution in [0.4, 0.5) is 10.5 Å². The maximum atomic E-state index is 12.0. The van der Waals surface area contributed by atoms with Crippen LogP contribution in [0.5, 0.6) is 0 Å². The van der Waals surface area contributed by atoms with Crippen molar-refractivity contribution in [3.8, 4) is 0 Å². The molecule has 0 fully saturated rings. The highest BCUT2D eigenvalue weighted by Gasteiger charge is 2.20. The number of amides is 1. The van der Waals surface area contributed by atoms with Crippen molar-refractivity contribution < 1.29 is 23.9 Å². The predicted octanol–water partition coefficient (Wildman–Crippen LogP) is 3.11. The zero-order valence-electron chi connectivity index (χ0n) is 13.4. The molecule has 0 bridgehead atoms. The van der Waals surface area contributed by atoms with Crippen molar-refractivity contribution in [1.29, 1.82) is 0 Å². The van der Waals surface area contributed by atoms with Gasteiger partial charge in [0.15, 0.2) is 6.29 Å². The lowest BCUT2D eigenvalue weighted by molar-refractivity contribution is 0.0598. The molecule has 0 spiro atoms. The van der Waals surface area contributed by atoms with Gasteiger partial charge in [-0.05, 0) is 32.9 Å². The summed E-state index contributed by atoms with van der Waals surface area (Å²) in [6, 6.07) is 3.05. The number of hydrogen-bond donors (Lipinski definition) is 2. The number of H-pyrrole nitrogens is 1. The fourth-order valence-corrected chi connectivity index (χ4v) is 2.15. The molecule has 7 heteroatoms. The van der Waals surface area contributed by atoms with Crippen molar-refractivity contribution in [3.63, 3.8) is 0 Å². The summed E-state index contributed by atoms with van der Waals surface area (Å²) in [5.41, 5.74) is 0.757. The van der Waals surface area contributed by atoms with Gasteiger partial charge in [0.2, 0.25) is 0 Å². The predicted molar refractivity (Wildman–Crippen MR) is 84.9 cm³/mol. The van der Waals surface area contributed by atoms with Gasteiger partial charge in [-0.1, -0.05) is 0 Å². The maximum absolute atomic E-state index is 12.0. The number of carbonyl (C=O) groups excluding carboxylic acids is 3. The first-order valence-electron chi connectivity index (χ1n) is 6.94. The van der Waals surface area contributed by atoms with E-state index in [1.807, 2.05) is 0 Å². The normalized spacial score (nSPS) is 11.1. The molecule has 1 amide bonds. The molecule has 0 saturated heterocycles. The summed E-state index contributed by atoms with van der Waals surface area (Å²) in [7, 11) is 1.25. The van der Waals surface area contributed by atoms with E-state index in [-0.39, 0.29) is 5.56 Å². The van der Waals surface area contributed by atoms with Crippen LogP contribution in [-0.4, -0.2) is 36.0 Å². The van der Waals surface area contributed by atoms with Crippen molar-refractivity contribution in [2.75, 3.05) is 12.4 Å². The Morgan fingerprint density at radius 3 is 2.52 bits per heavy atom. The Morgan fingerprint density at radius 1 is 1.26 bits per heavy atom. The summed E-state index contributed by atoms with van der Waals surface area (Å²) in [5, 5.41) is 3.01. The Balaban J connectivity index is 2.45. The third-order valence-electron chi connectivity index (χ3n) is 2.99. The lowest BCUT2D eigenvalue weighted by Crippen LogP contribution is -2.27. The second-order valence-electron chi connectivity index (χ2n) is 5.93. The van der Waals surface area contributed by atoms with Gasteiger partial charge in [-0.25, -0.2) is 9.59 Å². The van der Waals surface area contributed by atoms with Gasteiger partial charge in [0.05, 0.1) is 12.7 Å². The highest BCUT2D eigenvalue weighted by atomic mass is 16.6. The standard InChI is InChI=1S/C16H18N2O5/c1-16(2,3)23-15(21)18-10-5-11(14(20)22-4)13-9(8-19)7-17-12(13)6-10/h5-8,17H,1-4H3,(H,18,21). The van der Waals surface area contributed by atoms with Crippen molar-refractivity contribution in [2.24, 2.45) is 0 Å². The third-order valence-corrected chi connectivity index (χ3v) is 2.99. The second kappa shape index (κ2) is 6.12. The van der Waals surface area contributed by atoms with Crippen LogP contribution < -0.4 is 5.32 Å². The number of aromatic nitrogens is 1. The number of hydrogen-bond acceptors (Lipinski definition) is 5. The molecule has 2 rings (SSSR count). The Morgan fingerprint density at radius 2 is 1.96 bits per heavy atom. The molecule has 0 atom stereocenters. The van der Waals surface area contributed by atoms with E-state index < -0.39 is 17.7 Å². The monoisotopic (exact) mass is 318 g/mol. The molecule has 0 radical (unpaired) electrons. The average molecular weight is 318 g/mol. The smallest absolute Gasteiger partial charge is 0.412 e. The lowest BCUT2D eigenvalue weighted by Gasteiger charge is -2.19. The number of nitrogens with one attached hydrogen (secondary N) is 2. The van der Waals surface area contributed by atoms with E-state index in [1.54, 1.807) is 26.8 Å². The van der Waals surface area contributed by atoms with Crippen molar-refractivity contribution >= 4 is 34.9 Å². The van der Waals surface area contributed by atoms with E-state index in [4.69, 9.17) is 9.47 Å².